The Morgan fingerprint density at radius 3 is 2.45 bits per heavy atom. The Morgan fingerprint density at radius 2 is 1.88 bits per heavy atom. The first-order valence-electron chi connectivity index (χ1n) is 11.0. The summed E-state index contributed by atoms with van der Waals surface area (Å²) >= 11 is 0. The van der Waals surface area contributed by atoms with Crippen molar-refractivity contribution in [1.82, 2.24) is 15.0 Å². The molecule has 0 saturated heterocycles. The highest BCUT2D eigenvalue weighted by molar-refractivity contribution is 5.92. The number of carbonyl (C=O) groups excluding carboxylic acids is 1. The Kier molecular flexibility index (Phi) is 7.14. The topological polar surface area (TPSA) is 80.2 Å². The number of aromatic nitrogens is 3. The number of carbonyl (C=O) groups is 1. The summed E-state index contributed by atoms with van der Waals surface area (Å²) in [5.74, 6) is -0.452. The van der Waals surface area contributed by atoms with Crippen molar-refractivity contribution in [3.8, 4) is 5.75 Å². The summed E-state index contributed by atoms with van der Waals surface area (Å²) in [6, 6.07) is 1.85. The summed E-state index contributed by atoms with van der Waals surface area (Å²) in [5, 5.41) is 2.89. The molecule has 1 aliphatic rings. The monoisotopic (exact) mass is 465 g/mol. The predicted octanol–water partition coefficient (Wildman–Crippen LogP) is 5.01. The largest absolute Gasteiger partial charge is 0.487 e. The molecule has 3 rings (SSSR count). The molecule has 0 spiro atoms. The maximum Gasteiger partial charge on any atom is 0.451 e. The summed E-state index contributed by atoms with van der Waals surface area (Å²) in [6.07, 6.45) is -0.428. The lowest BCUT2D eigenvalue weighted by molar-refractivity contribution is -0.145. The minimum Gasteiger partial charge on any atom is -0.487 e. The van der Waals surface area contributed by atoms with E-state index >= 15 is 0 Å². The Balaban J connectivity index is 1.87. The molecule has 10 heteroatoms. The molecule has 2 aromatic rings. The molecule has 0 fully saturated rings. The van der Waals surface area contributed by atoms with Gasteiger partial charge in [0.25, 0.3) is 0 Å². The van der Waals surface area contributed by atoms with Gasteiger partial charge in [-0.3, -0.25) is 4.79 Å². The second kappa shape index (κ2) is 9.52. The number of nitrogens with one attached hydrogen (secondary N) is 1. The van der Waals surface area contributed by atoms with Gasteiger partial charge >= 0.3 is 6.18 Å². The first-order valence-corrected chi connectivity index (χ1v) is 11.0. The van der Waals surface area contributed by atoms with E-state index in [4.69, 9.17) is 9.72 Å². The highest BCUT2D eigenvalue weighted by Crippen LogP contribution is 2.36. The van der Waals surface area contributed by atoms with E-state index in [1.54, 1.807) is 0 Å². The van der Waals surface area contributed by atoms with Gasteiger partial charge < -0.3 is 15.0 Å². The van der Waals surface area contributed by atoms with E-state index in [1.165, 1.54) is 12.4 Å². The minimum atomic E-state index is -4.57. The van der Waals surface area contributed by atoms with Gasteiger partial charge in [0, 0.05) is 43.5 Å². The van der Waals surface area contributed by atoms with Gasteiger partial charge in [0.05, 0.1) is 17.5 Å². The molecule has 1 amide bonds. The maximum atomic E-state index is 12.8. The van der Waals surface area contributed by atoms with E-state index < -0.39 is 12.0 Å². The second-order valence-electron chi connectivity index (χ2n) is 9.69. The Bertz CT molecular complexity index is 985. The third-order valence-electron chi connectivity index (χ3n) is 4.87. The van der Waals surface area contributed by atoms with Crippen LogP contribution in [0.1, 0.15) is 64.5 Å². The molecular weight excluding hydrogens is 435 g/mol. The van der Waals surface area contributed by atoms with Crippen LogP contribution in [0.3, 0.4) is 0 Å². The smallest absolute Gasteiger partial charge is 0.451 e. The standard InChI is InChI=1S/C23H30F3N5O2/c1-14(2)33-18-9-17-16(29-20(18)30-19(32)10-22(3,4)5)7-6-8-31(17)13-15-11-27-21(28-12-15)23(24,25)26/h9,11-12,14H,6-8,10,13H2,1-5H3,(H,29,30,32). The number of hydrogen-bond acceptors (Lipinski definition) is 6. The van der Waals surface area contributed by atoms with Crippen LogP contribution in [-0.2, 0) is 23.9 Å². The van der Waals surface area contributed by atoms with Crippen LogP contribution < -0.4 is 15.0 Å². The molecule has 0 radical (unpaired) electrons. The van der Waals surface area contributed by atoms with Gasteiger partial charge in [0.15, 0.2) is 11.6 Å². The van der Waals surface area contributed by atoms with E-state index in [0.717, 1.165) is 24.2 Å². The van der Waals surface area contributed by atoms with Crippen molar-refractivity contribution in [3.63, 3.8) is 0 Å². The van der Waals surface area contributed by atoms with Crippen LogP contribution in [0, 0.1) is 5.41 Å². The van der Waals surface area contributed by atoms with Crippen molar-refractivity contribution >= 4 is 17.4 Å². The molecule has 2 aromatic heterocycles. The van der Waals surface area contributed by atoms with Crippen molar-refractivity contribution in [3.05, 3.63) is 35.5 Å². The fourth-order valence-corrected chi connectivity index (χ4v) is 3.60. The summed E-state index contributed by atoms with van der Waals surface area (Å²) in [7, 11) is 0. The Labute approximate surface area is 191 Å². The molecule has 1 aliphatic heterocycles. The van der Waals surface area contributed by atoms with Crippen molar-refractivity contribution < 1.29 is 22.7 Å². The molecule has 180 valence electrons. The van der Waals surface area contributed by atoms with E-state index in [0.29, 0.717) is 36.6 Å². The number of pyridine rings is 1. The van der Waals surface area contributed by atoms with Crippen LogP contribution in [0.2, 0.25) is 0 Å². The van der Waals surface area contributed by atoms with Gasteiger partial charge in [-0.1, -0.05) is 20.8 Å². The number of fused-ring (bicyclic) bond motifs is 1. The first kappa shape index (κ1) is 24.7. The van der Waals surface area contributed by atoms with Gasteiger partial charge in [-0.05, 0) is 32.1 Å². The quantitative estimate of drug-likeness (QED) is 0.646. The third-order valence-corrected chi connectivity index (χ3v) is 4.87. The molecule has 1 N–H and O–H groups in total. The molecule has 0 aliphatic carbocycles. The second-order valence-corrected chi connectivity index (χ2v) is 9.69. The van der Waals surface area contributed by atoms with Gasteiger partial charge in [-0.2, -0.15) is 13.2 Å². The van der Waals surface area contributed by atoms with Crippen LogP contribution in [-0.4, -0.2) is 33.5 Å². The van der Waals surface area contributed by atoms with E-state index in [9.17, 15) is 18.0 Å². The lowest BCUT2D eigenvalue weighted by Crippen LogP contribution is -2.30. The number of aryl methyl sites for hydroxylation is 1. The lowest BCUT2D eigenvalue weighted by atomic mass is 9.92. The summed E-state index contributed by atoms with van der Waals surface area (Å²) in [5.41, 5.74) is 2.02. The lowest BCUT2D eigenvalue weighted by Gasteiger charge is -2.32. The zero-order valence-corrected chi connectivity index (χ0v) is 19.6. The maximum absolute atomic E-state index is 12.8. The average molecular weight is 466 g/mol. The molecule has 7 nitrogen and oxygen atoms in total. The van der Waals surface area contributed by atoms with Crippen LogP contribution in [0.25, 0.3) is 0 Å². The zero-order valence-electron chi connectivity index (χ0n) is 19.6. The van der Waals surface area contributed by atoms with E-state index in [1.807, 2.05) is 45.6 Å². The molecule has 33 heavy (non-hydrogen) atoms. The zero-order chi connectivity index (χ0) is 24.4. The molecule has 0 saturated carbocycles. The highest BCUT2D eigenvalue weighted by atomic mass is 19.4. The van der Waals surface area contributed by atoms with Crippen LogP contribution >= 0.6 is 0 Å². The summed E-state index contributed by atoms with van der Waals surface area (Å²) < 4.78 is 44.2. The molecule has 0 bridgehead atoms. The van der Waals surface area contributed by atoms with Gasteiger partial charge in [-0.25, -0.2) is 15.0 Å². The van der Waals surface area contributed by atoms with E-state index in [2.05, 4.69) is 15.3 Å². The van der Waals surface area contributed by atoms with Crippen molar-refractivity contribution in [1.29, 1.82) is 0 Å². The number of alkyl halides is 3. The normalized spacial score (nSPS) is 14.3. The molecular formula is C23H30F3N5O2. The van der Waals surface area contributed by atoms with Gasteiger partial charge in [-0.15, -0.1) is 0 Å². The SMILES string of the molecule is CC(C)Oc1cc2c(nc1NC(=O)CC(C)(C)C)CCCN2Cc1cnc(C(F)(F)F)nc1. The van der Waals surface area contributed by atoms with E-state index in [-0.39, 0.29) is 17.4 Å². The van der Waals surface area contributed by atoms with Gasteiger partial charge in [0.1, 0.15) is 0 Å². The number of anilines is 2. The number of hydrogen-bond donors (Lipinski definition) is 1. The number of ether oxygens (including phenoxy) is 1. The predicted molar refractivity (Wildman–Crippen MR) is 119 cm³/mol. The number of nitrogens with zero attached hydrogens (tertiary/aromatic N) is 4. The minimum absolute atomic E-state index is 0.136. The van der Waals surface area contributed by atoms with Gasteiger partial charge in [0.2, 0.25) is 11.7 Å². The Morgan fingerprint density at radius 1 is 1.21 bits per heavy atom. The number of halogens is 3. The fraction of sp³-hybridized carbons (Fsp3) is 0.565. The number of rotatable bonds is 6. The van der Waals surface area contributed by atoms with Crippen molar-refractivity contribution in [2.45, 2.75) is 72.7 Å². The first-order chi connectivity index (χ1) is 15.3. The van der Waals surface area contributed by atoms with Crippen LogP contribution in [0.4, 0.5) is 24.7 Å². The fourth-order valence-electron chi connectivity index (χ4n) is 3.60. The molecule has 0 atom stereocenters. The summed E-state index contributed by atoms with van der Waals surface area (Å²) in [6.45, 7) is 10.8. The third kappa shape index (κ3) is 6.79. The molecule has 0 aromatic carbocycles. The van der Waals surface area contributed by atoms with Crippen LogP contribution in [0.5, 0.6) is 5.75 Å². The van der Waals surface area contributed by atoms with Crippen molar-refractivity contribution in [2.75, 3.05) is 16.8 Å². The van der Waals surface area contributed by atoms with Crippen LogP contribution in [0.15, 0.2) is 18.5 Å². The Hall–Kier alpha value is -2.91. The average Bonchev–Trinajstić information content (AvgIpc) is 2.67. The highest BCUT2D eigenvalue weighted by Gasteiger charge is 2.34. The molecule has 0 unspecified atom stereocenters. The molecule has 3 heterocycles. The summed E-state index contributed by atoms with van der Waals surface area (Å²) in [4.78, 5) is 26.1. The van der Waals surface area contributed by atoms with Crippen molar-refractivity contribution in [2.24, 2.45) is 5.41 Å². The number of amides is 1.